The van der Waals surface area contributed by atoms with Gasteiger partial charge in [-0.15, -0.1) is 0 Å². The molecule has 0 fully saturated rings. The minimum absolute atomic E-state index is 0.271. The Hall–Kier alpha value is -2.43. The molecule has 0 bridgehead atoms. The molecule has 0 unspecified atom stereocenters. The van der Waals surface area contributed by atoms with Crippen molar-refractivity contribution in [3.63, 3.8) is 0 Å². The fourth-order valence-corrected chi connectivity index (χ4v) is 1.75. The lowest BCUT2D eigenvalue weighted by molar-refractivity contribution is 0.112. The molecule has 0 aliphatic rings. The van der Waals surface area contributed by atoms with E-state index in [1.807, 2.05) is 0 Å². The fourth-order valence-electron chi connectivity index (χ4n) is 1.75. The molecule has 5 heteroatoms. The highest BCUT2D eigenvalue weighted by Gasteiger charge is 2.13. The standard InChI is InChI=1S/C14H12FNO3/c1-18-13-4-3-9(8-17)5-11(13)10-6-14(19-2)16-7-12(10)15/h3-8H,1-2H3. The van der Waals surface area contributed by atoms with Crippen LogP contribution >= 0.6 is 0 Å². The lowest BCUT2D eigenvalue weighted by Gasteiger charge is -2.11. The van der Waals surface area contributed by atoms with Crippen molar-refractivity contribution in [1.82, 2.24) is 4.98 Å². The van der Waals surface area contributed by atoms with E-state index in [4.69, 9.17) is 9.47 Å². The van der Waals surface area contributed by atoms with Crippen LogP contribution in [0.2, 0.25) is 0 Å². The van der Waals surface area contributed by atoms with Crippen molar-refractivity contribution in [3.8, 4) is 22.8 Å². The van der Waals surface area contributed by atoms with Gasteiger partial charge in [-0.3, -0.25) is 4.79 Å². The zero-order chi connectivity index (χ0) is 13.8. The lowest BCUT2D eigenvalue weighted by atomic mass is 10.0. The molecule has 2 rings (SSSR count). The van der Waals surface area contributed by atoms with Crippen molar-refractivity contribution in [2.75, 3.05) is 14.2 Å². The van der Waals surface area contributed by atoms with Gasteiger partial charge in [0.25, 0.3) is 0 Å². The first kappa shape index (κ1) is 13.0. The number of hydrogen-bond acceptors (Lipinski definition) is 4. The highest BCUT2D eigenvalue weighted by Crippen LogP contribution is 2.33. The number of aromatic nitrogens is 1. The van der Waals surface area contributed by atoms with Crippen LogP contribution in [-0.2, 0) is 0 Å². The molecule has 1 heterocycles. The molecule has 0 aliphatic heterocycles. The first-order valence-corrected chi connectivity index (χ1v) is 5.52. The van der Waals surface area contributed by atoms with Crippen LogP contribution in [0.15, 0.2) is 30.5 Å². The van der Waals surface area contributed by atoms with Gasteiger partial charge in [-0.25, -0.2) is 9.37 Å². The van der Waals surface area contributed by atoms with Gasteiger partial charge in [0.1, 0.15) is 17.9 Å². The van der Waals surface area contributed by atoms with Gasteiger partial charge in [0.15, 0.2) is 0 Å². The summed E-state index contributed by atoms with van der Waals surface area (Å²) in [6.45, 7) is 0. The molecule has 0 spiro atoms. The highest BCUT2D eigenvalue weighted by atomic mass is 19.1. The smallest absolute Gasteiger partial charge is 0.213 e. The van der Waals surface area contributed by atoms with E-state index in [9.17, 15) is 9.18 Å². The molecule has 1 aromatic heterocycles. The van der Waals surface area contributed by atoms with Crippen LogP contribution in [0.5, 0.6) is 11.6 Å². The molecule has 0 amide bonds. The van der Waals surface area contributed by atoms with Crippen LogP contribution in [0.3, 0.4) is 0 Å². The van der Waals surface area contributed by atoms with Crippen molar-refractivity contribution in [2.45, 2.75) is 0 Å². The van der Waals surface area contributed by atoms with Crippen molar-refractivity contribution in [2.24, 2.45) is 0 Å². The molecule has 0 saturated carbocycles. The predicted octanol–water partition coefficient (Wildman–Crippen LogP) is 2.72. The van der Waals surface area contributed by atoms with Crippen LogP contribution < -0.4 is 9.47 Å². The van der Waals surface area contributed by atoms with Gasteiger partial charge in [-0.1, -0.05) is 0 Å². The summed E-state index contributed by atoms with van der Waals surface area (Å²) in [4.78, 5) is 14.6. The van der Waals surface area contributed by atoms with Gasteiger partial charge in [0.05, 0.1) is 20.4 Å². The maximum absolute atomic E-state index is 13.9. The summed E-state index contributed by atoms with van der Waals surface area (Å²) in [6.07, 6.45) is 1.76. The van der Waals surface area contributed by atoms with E-state index in [2.05, 4.69) is 4.98 Å². The van der Waals surface area contributed by atoms with Gasteiger partial charge in [0.2, 0.25) is 5.88 Å². The van der Waals surface area contributed by atoms with Crippen molar-refractivity contribution in [1.29, 1.82) is 0 Å². The number of hydrogen-bond donors (Lipinski definition) is 0. The summed E-state index contributed by atoms with van der Waals surface area (Å²) in [5, 5.41) is 0. The minimum atomic E-state index is -0.512. The Morgan fingerprint density at radius 3 is 2.58 bits per heavy atom. The Morgan fingerprint density at radius 1 is 1.16 bits per heavy atom. The largest absolute Gasteiger partial charge is 0.496 e. The topological polar surface area (TPSA) is 48.4 Å². The summed E-state index contributed by atoms with van der Waals surface area (Å²) in [5.74, 6) is 0.245. The van der Waals surface area contributed by atoms with Crippen molar-refractivity contribution >= 4 is 6.29 Å². The monoisotopic (exact) mass is 261 g/mol. The molecule has 1 aromatic carbocycles. The summed E-state index contributed by atoms with van der Waals surface area (Å²) in [5.41, 5.74) is 1.18. The predicted molar refractivity (Wildman–Crippen MR) is 68.1 cm³/mol. The number of benzene rings is 1. The first-order valence-electron chi connectivity index (χ1n) is 5.52. The van der Waals surface area contributed by atoms with E-state index >= 15 is 0 Å². The quantitative estimate of drug-likeness (QED) is 0.794. The van der Waals surface area contributed by atoms with E-state index in [0.717, 1.165) is 6.20 Å². The molecule has 98 valence electrons. The average Bonchev–Trinajstić information content (AvgIpc) is 2.47. The van der Waals surface area contributed by atoms with E-state index in [1.54, 1.807) is 18.2 Å². The molecule has 2 aromatic rings. The number of aldehydes is 1. The summed E-state index contributed by atoms with van der Waals surface area (Å²) in [6, 6.07) is 6.24. The van der Waals surface area contributed by atoms with E-state index < -0.39 is 5.82 Å². The third-order valence-electron chi connectivity index (χ3n) is 2.69. The second-order valence-corrected chi connectivity index (χ2v) is 3.78. The van der Waals surface area contributed by atoms with Gasteiger partial charge in [0, 0.05) is 22.8 Å². The Balaban J connectivity index is 2.65. The van der Waals surface area contributed by atoms with Crippen LogP contribution in [-0.4, -0.2) is 25.5 Å². The second-order valence-electron chi connectivity index (χ2n) is 3.78. The Morgan fingerprint density at radius 2 is 1.95 bits per heavy atom. The van der Waals surface area contributed by atoms with E-state index in [1.165, 1.54) is 20.3 Å². The average molecular weight is 261 g/mol. The minimum Gasteiger partial charge on any atom is -0.496 e. The SMILES string of the molecule is COc1cc(-c2cc(C=O)ccc2OC)c(F)cn1. The van der Waals surface area contributed by atoms with Crippen LogP contribution in [0.1, 0.15) is 10.4 Å². The molecule has 0 saturated heterocycles. The highest BCUT2D eigenvalue weighted by molar-refractivity contribution is 5.81. The fraction of sp³-hybridized carbons (Fsp3) is 0.143. The number of carbonyl (C=O) groups is 1. The Bertz CT molecular complexity index is 614. The summed E-state index contributed by atoms with van der Waals surface area (Å²) >= 11 is 0. The Labute approximate surface area is 109 Å². The molecular weight excluding hydrogens is 249 g/mol. The molecule has 19 heavy (non-hydrogen) atoms. The maximum atomic E-state index is 13.9. The lowest BCUT2D eigenvalue weighted by Crippen LogP contribution is -1.95. The zero-order valence-electron chi connectivity index (χ0n) is 10.5. The maximum Gasteiger partial charge on any atom is 0.213 e. The van der Waals surface area contributed by atoms with E-state index in [0.29, 0.717) is 23.2 Å². The van der Waals surface area contributed by atoms with Crippen molar-refractivity contribution < 1.29 is 18.7 Å². The number of halogens is 1. The van der Waals surface area contributed by atoms with E-state index in [-0.39, 0.29) is 11.4 Å². The van der Waals surface area contributed by atoms with Gasteiger partial charge >= 0.3 is 0 Å². The third kappa shape index (κ3) is 2.54. The summed E-state index contributed by atoms with van der Waals surface area (Å²) < 4.78 is 24.0. The first-order chi connectivity index (χ1) is 9.19. The van der Waals surface area contributed by atoms with Gasteiger partial charge < -0.3 is 9.47 Å². The Kier molecular flexibility index (Phi) is 3.75. The number of carbonyl (C=O) groups excluding carboxylic acids is 1. The number of pyridine rings is 1. The third-order valence-corrected chi connectivity index (χ3v) is 2.69. The normalized spacial score (nSPS) is 10.1. The molecule has 0 atom stereocenters. The number of rotatable bonds is 4. The number of methoxy groups -OCH3 is 2. The van der Waals surface area contributed by atoms with Crippen molar-refractivity contribution in [3.05, 3.63) is 41.8 Å². The van der Waals surface area contributed by atoms with Crippen LogP contribution in [0.25, 0.3) is 11.1 Å². The second kappa shape index (κ2) is 5.48. The van der Waals surface area contributed by atoms with Gasteiger partial charge in [-0.05, 0) is 18.2 Å². The molecule has 0 N–H and O–H groups in total. The molecule has 0 aliphatic carbocycles. The van der Waals surface area contributed by atoms with Gasteiger partial charge in [-0.2, -0.15) is 0 Å². The molecule has 4 nitrogen and oxygen atoms in total. The summed E-state index contributed by atoms with van der Waals surface area (Å²) in [7, 11) is 2.93. The molecule has 0 radical (unpaired) electrons. The number of nitrogens with zero attached hydrogens (tertiary/aromatic N) is 1. The number of ether oxygens (including phenoxy) is 2. The van der Waals surface area contributed by atoms with Crippen LogP contribution in [0.4, 0.5) is 4.39 Å². The zero-order valence-corrected chi connectivity index (χ0v) is 10.5. The molecular formula is C14H12FNO3. The van der Waals surface area contributed by atoms with Crippen LogP contribution in [0, 0.1) is 5.82 Å².